The lowest BCUT2D eigenvalue weighted by molar-refractivity contribution is -0.0723. The number of aryl methyl sites for hydroxylation is 1. The third-order valence-electron chi connectivity index (χ3n) is 3.24. The summed E-state index contributed by atoms with van der Waals surface area (Å²) in [6.45, 7) is 3.13. The number of nitrogens with zero attached hydrogens (tertiary/aromatic N) is 4. The summed E-state index contributed by atoms with van der Waals surface area (Å²) in [7, 11) is 1.90. The quantitative estimate of drug-likeness (QED) is 0.722. The van der Waals surface area contributed by atoms with Crippen LogP contribution in [-0.2, 0) is 18.4 Å². The van der Waals surface area contributed by atoms with Crippen molar-refractivity contribution in [2.45, 2.75) is 19.5 Å². The fourth-order valence-corrected chi connectivity index (χ4v) is 2.37. The molecule has 1 aromatic heterocycles. The van der Waals surface area contributed by atoms with Gasteiger partial charge in [-0.1, -0.05) is 0 Å². The second-order valence-electron chi connectivity index (χ2n) is 4.25. The number of aromatic nitrogens is 2. The molecule has 6 heteroatoms. The minimum absolute atomic E-state index is 0.0452. The SMILES string of the molecule is C/C=C\ON1C(=O)N2Cc3c(cnn3C)C1C2. The van der Waals surface area contributed by atoms with Crippen molar-refractivity contribution >= 4 is 6.03 Å². The highest BCUT2D eigenvalue weighted by Gasteiger charge is 2.45. The van der Waals surface area contributed by atoms with Crippen LogP contribution in [0.2, 0.25) is 0 Å². The van der Waals surface area contributed by atoms with Gasteiger partial charge < -0.3 is 9.74 Å². The van der Waals surface area contributed by atoms with Gasteiger partial charge in [0.25, 0.3) is 0 Å². The average Bonchev–Trinajstić information content (AvgIpc) is 2.81. The van der Waals surface area contributed by atoms with Crippen LogP contribution in [0.25, 0.3) is 0 Å². The first-order chi connectivity index (χ1) is 8.22. The highest BCUT2D eigenvalue weighted by molar-refractivity contribution is 5.77. The maximum Gasteiger partial charge on any atom is 0.354 e. The van der Waals surface area contributed by atoms with Crippen LogP contribution < -0.4 is 0 Å². The first-order valence-electron chi connectivity index (χ1n) is 5.59. The van der Waals surface area contributed by atoms with E-state index in [4.69, 9.17) is 4.84 Å². The van der Waals surface area contributed by atoms with E-state index in [2.05, 4.69) is 5.10 Å². The van der Waals surface area contributed by atoms with Crippen molar-refractivity contribution in [3.05, 3.63) is 29.8 Å². The fourth-order valence-electron chi connectivity index (χ4n) is 2.37. The number of hydrogen-bond acceptors (Lipinski definition) is 3. The molecule has 6 nitrogen and oxygen atoms in total. The Morgan fingerprint density at radius 1 is 1.59 bits per heavy atom. The van der Waals surface area contributed by atoms with Crippen LogP contribution in [-0.4, -0.2) is 32.3 Å². The zero-order valence-corrected chi connectivity index (χ0v) is 9.83. The van der Waals surface area contributed by atoms with Crippen molar-refractivity contribution < 1.29 is 9.63 Å². The normalized spacial score (nSPS) is 22.5. The van der Waals surface area contributed by atoms with Crippen molar-refractivity contribution in [1.82, 2.24) is 19.7 Å². The van der Waals surface area contributed by atoms with Crippen molar-refractivity contribution in [3.63, 3.8) is 0 Å². The molecule has 3 rings (SSSR count). The molecule has 90 valence electrons. The molecule has 0 N–H and O–H groups in total. The molecular weight excluding hydrogens is 220 g/mol. The topological polar surface area (TPSA) is 50.6 Å². The first-order valence-corrected chi connectivity index (χ1v) is 5.59. The highest BCUT2D eigenvalue weighted by Crippen LogP contribution is 2.37. The molecule has 2 aliphatic rings. The summed E-state index contributed by atoms with van der Waals surface area (Å²) in [5, 5.41) is 5.66. The van der Waals surface area contributed by atoms with Gasteiger partial charge in [0.1, 0.15) is 12.3 Å². The summed E-state index contributed by atoms with van der Waals surface area (Å²) in [6.07, 6.45) is 5.10. The second kappa shape index (κ2) is 3.51. The predicted molar refractivity (Wildman–Crippen MR) is 59.5 cm³/mol. The van der Waals surface area contributed by atoms with E-state index < -0.39 is 0 Å². The molecule has 3 heterocycles. The molecule has 1 fully saturated rings. The molecule has 1 aromatic rings. The van der Waals surface area contributed by atoms with E-state index >= 15 is 0 Å². The Morgan fingerprint density at radius 2 is 2.41 bits per heavy atom. The largest absolute Gasteiger partial charge is 0.383 e. The molecule has 17 heavy (non-hydrogen) atoms. The van der Waals surface area contributed by atoms with Gasteiger partial charge in [-0.3, -0.25) is 4.68 Å². The maximum absolute atomic E-state index is 12.0. The van der Waals surface area contributed by atoms with Crippen LogP contribution in [0.15, 0.2) is 18.5 Å². The van der Waals surface area contributed by atoms with E-state index in [1.807, 2.05) is 24.9 Å². The van der Waals surface area contributed by atoms with Gasteiger partial charge in [-0.2, -0.15) is 5.10 Å². The number of allylic oxidation sites excluding steroid dienone is 1. The summed E-state index contributed by atoms with van der Waals surface area (Å²) >= 11 is 0. The lowest BCUT2D eigenvalue weighted by atomic mass is 10.1. The Morgan fingerprint density at radius 3 is 3.18 bits per heavy atom. The van der Waals surface area contributed by atoms with Gasteiger partial charge in [-0.05, 0) is 13.0 Å². The summed E-state index contributed by atoms with van der Waals surface area (Å²) in [5.74, 6) is 0. The van der Waals surface area contributed by atoms with Crippen molar-refractivity contribution in [2.75, 3.05) is 6.54 Å². The molecule has 0 aromatic carbocycles. The van der Waals surface area contributed by atoms with E-state index in [9.17, 15) is 4.79 Å². The number of hydroxylamine groups is 2. The highest BCUT2D eigenvalue weighted by atomic mass is 16.7. The van der Waals surface area contributed by atoms with E-state index in [0.717, 1.165) is 11.3 Å². The molecule has 2 aliphatic heterocycles. The number of amides is 2. The van der Waals surface area contributed by atoms with Crippen LogP contribution in [0.5, 0.6) is 0 Å². The lowest BCUT2D eigenvalue weighted by Crippen LogP contribution is -2.30. The summed E-state index contributed by atoms with van der Waals surface area (Å²) in [6, 6.07) is -0.125. The Bertz CT molecular complexity index is 494. The Kier molecular flexibility index (Phi) is 2.10. The van der Waals surface area contributed by atoms with Gasteiger partial charge >= 0.3 is 6.03 Å². The third kappa shape index (κ3) is 1.33. The Hall–Kier alpha value is -1.98. The number of urea groups is 1. The summed E-state index contributed by atoms with van der Waals surface area (Å²) < 4.78 is 1.82. The van der Waals surface area contributed by atoms with Crippen molar-refractivity contribution in [3.8, 4) is 0 Å². The number of rotatable bonds is 2. The van der Waals surface area contributed by atoms with Gasteiger partial charge in [-0.25, -0.2) is 4.79 Å². The average molecular weight is 234 g/mol. The Balaban J connectivity index is 1.98. The predicted octanol–water partition coefficient (Wildman–Crippen LogP) is 1.18. The number of fused-ring (bicyclic) bond motifs is 4. The third-order valence-corrected chi connectivity index (χ3v) is 3.24. The van der Waals surface area contributed by atoms with Crippen LogP contribution in [0.3, 0.4) is 0 Å². The number of hydrogen-bond donors (Lipinski definition) is 0. The van der Waals surface area contributed by atoms with Crippen LogP contribution in [0.4, 0.5) is 4.79 Å². The van der Waals surface area contributed by atoms with Crippen molar-refractivity contribution in [1.29, 1.82) is 0 Å². The molecule has 0 spiro atoms. The monoisotopic (exact) mass is 234 g/mol. The molecule has 0 aliphatic carbocycles. The minimum atomic E-state index is -0.0794. The second-order valence-corrected chi connectivity index (χ2v) is 4.25. The zero-order valence-electron chi connectivity index (χ0n) is 9.83. The molecule has 2 bridgehead atoms. The molecule has 1 unspecified atom stereocenters. The minimum Gasteiger partial charge on any atom is -0.383 e. The zero-order chi connectivity index (χ0) is 12.0. The van der Waals surface area contributed by atoms with Gasteiger partial charge in [0.2, 0.25) is 0 Å². The molecule has 0 saturated carbocycles. The van der Waals surface area contributed by atoms with E-state index in [-0.39, 0.29) is 12.1 Å². The molecular formula is C11H14N4O2. The van der Waals surface area contributed by atoms with Gasteiger partial charge in [0.15, 0.2) is 0 Å². The van der Waals surface area contributed by atoms with Gasteiger partial charge in [-0.15, -0.1) is 5.06 Å². The summed E-state index contributed by atoms with van der Waals surface area (Å²) in [4.78, 5) is 19.2. The molecule has 1 atom stereocenters. The standard InChI is InChI=1S/C11H14N4O2/c1-3-4-17-15-10-7-14(11(15)16)6-9-8(10)5-12-13(9)2/h3-5,10H,6-7H2,1-2H3/b4-3-. The summed E-state index contributed by atoms with van der Waals surface area (Å²) in [5.41, 5.74) is 2.17. The molecule has 0 radical (unpaired) electrons. The lowest BCUT2D eigenvalue weighted by Gasteiger charge is -2.21. The Labute approximate surface area is 99.0 Å². The number of carbonyl (C=O) groups excluding carboxylic acids is 1. The van der Waals surface area contributed by atoms with Crippen LogP contribution >= 0.6 is 0 Å². The van der Waals surface area contributed by atoms with E-state index in [1.165, 1.54) is 11.3 Å². The fraction of sp³-hybridized carbons (Fsp3) is 0.455. The molecule has 1 saturated heterocycles. The van der Waals surface area contributed by atoms with Crippen LogP contribution in [0.1, 0.15) is 24.2 Å². The smallest absolute Gasteiger partial charge is 0.354 e. The van der Waals surface area contributed by atoms with E-state index in [1.54, 1.807) is 11.0 Å². The maximum atomic E-state index is 12.0. The van der Waals surface area contributed by atoms with Crippen molar-refractivity contribution in [2.24, 2.45) is 7.05 Å². The molecule has 2 amide bonds. The number of carbonyl (C=O) groups is 1. The first kappa shape index (κ1) is 10.2. The van der Waals surface area contributed by atoms with Gasteiger partial charge in [0.05, 0.1) is 25.0 Å². The van der Waals surface area contributed by atoms with Crippen LogP contribution in [0, 0.1) is 0 Å². The van der Waals surface area contributed by atoms with Gasteiger partial charge in [0, 0.05) is 12.6 Å². The van der Waals surface area contributed by atoms with E-state index in [0.29, 0.717) is 13.1 Å².